The van der Waals surface area contributed by atoms with Gasteiger partial charge in [0, 0.05) is 62.4 Å². The first-order valence-electron chi connectivity index (χ1n) is 29.5. The first-order chi connectivity index (χ1) is 43.9. The maximum absolute atomic E-state index is 14.1. The van der Waals surface area contributed by atoms with Crippen molar-refractivity contribution in [3.8, 4) is 0 Å². The van der Waals surface area contributed by atoms with E-state index in [0.29, 0.717) is 45.1 Å². The van der Waals surface area contributed by atoms with E-state index in [1.54, 1.807) is 97.1 Å². The minimum atomic E-state index is -1.09. The summed E-state index contributed by atoms with van der Waals surface area (Å²) in [5.74, 6) is -4.79. The molecular formula is C67H70Cl2N8O14. The molecule has 0 bridgehead atoms. The summed E-state index contributed by atoms with van der Waals surface area (Å²) in [7, 11) is 2.37. The van der Waals surface area contributed by atoms with Gasteiger partial charge in [-0.3, -0.25) is 28.8 Å². The van der Waals surface area contributed by atoms with Crippen LogP contribution in [0.15, 0.2) is 133 Å². The van der Waals surface area contributed by atoms with Crippen molar-refractivity contribution >= 4 is 82.8 Å². The van der Waals surface area contributed by atoms with Crippen LogP contribution in [0.2, 0.25) is 10.0 Å². The average molecular weight is 1280 g/mol. The summed E-state index contributed by atoms with van der Waals surface area (Å²) < 4.78 is 20.4. The molecule has 2 aliphatic heterocycles. The highest BCUT2D eigenvalue weighted by Crippen LogP contribution is 2.30. The Morgan fingerprint density at radius 1 is 0.429 bits per heavy atom. The Morgan fingerprint density at radius 2 is 0.747 bits per heavy atom. The lowest BCUT2D eigenvalue weighted by Gasteiger charge is -2.19. The Kier molecular flexibility index (Phi) is 24.5. The van der Waals surface area contributed by atoms with Crippen LogP contribution in [0, 0.1) is 0 Å². The number of nitrogens with zero attached hydrogens (tertiary/aromatic N) is 2. The maximum Gasteiger partial charge on any atom is 0.408 e. The predicted octanol–water partition coefficient (Wildman–Crippen LogP) is 7.67. The second kappa shape index (κ2) is 33.1. The van der Waals surface area contributed by atoms with E-state index in [0.717, 1.165) is 22.3 Å². The van der Waals surface area contributed by atoms with Crippen LogP contribution in [-0.4, -0.2) is 122 Å². The van der Waals surface area contributed by atoms with Crippen molar-refractivity contribution in [2.45, 2.75) is 96.4 Å². The monoisotopic (exact) mass is 1280 g/mol. The average Bonchev–Trinajstić information content (AvgIpc) is 1.73. The van der Waals surface area contributed by atoms with Crippen LogP contribution in [0.1, 0.15) is 118 Å². The molecule has 0 unspecified atom stereocenters. The number of esters is 2. The molecule has 24 heteroatoms. The highest BCUT2D eigenvalue weighted by atomic mass is 35.5. The third-order valence-electron chi connectivity index (χ3n) is 15.2. The third kappa shape index (κ3) is 19.6. The molecule has 6 aromatic carbocycles. The van der Waals surface area contributed by atoms with Crippen molar-refractivity contribution in [1.29, 1.82) is 0 Å². The van der Waals surface area contributed by atoms with E-state index in [-0.39, 0.29) is 114 Å². The smallest absolute Gasteiger partial charge is 0.408 e. The summed E-state index contributed by atoms with van der Waals surface area (Å²) in [4.78, 5) is 138. The number of carbonyl (C=O) groups excluding carboxylic acids is 10. The fourth-order valence-corrected chi connectivity index (χ4v) is 10.5. The molecule has 91 heavy (non-hydrogen) atoms. The first-order valence-corrected chi connectivity index (χ1v) is 30.3. The van der Waals surface area contributed by atoms with Gasteiger partial charge in [0.05, 0.1) is 36.5 Å². The Hall–Kier alpha value is -9.80. The number of ether oxygens (including phenoxy) is 4. The van der Waals surface area contributed by atoms with Gasteiger partial charge in [0.1, 0.15) is 31.7 Å². The standard InChI is InChI=1S/C67H70Cl2N8O14/c1-88-64(84)56(74-66(86)90-40-44-11-5-3-6-12-44)15-9-27-70-60(80)52-31-46-36-76(38-48(46)33-54(52)62(82)72-29-25-42-17-21-50(68)22-18-42)58(78)35-59(79)77-37-47-32-53(55(34-49(47)39-77)63(83)73-30-26-43-19-23-51(69)24-20-43)61(81)71-28-10-16-57(65(85)89-2)75-67(87)91-41-45-13-7-4-8-14-45/h3-8,11-14,17-24,31-34,56-57H,9-10,15-16,25-30,35-41H2,1-2H3,(H,70,80)(H,71,81)(H,72,82)(H,73,83)(H,74,86)(H,75,87)/t56-,57-/m0/s1. The van der Waals surface area contributed by atoms with Crippen LogP contribution in [0.3, 0.4) is 0 Å². The van der Waals surface area contributed by atoms with E-state index >= 15 is 0 Å². The summed E-state index contributed by atoms with van der Waals surface area (Å²) in [6, 6.07) is 36.3. The molecule has 0 fully saturated rings. The van der Waals surface area contributed by atoms with Gasteiger partial charge in [-0.25, -0.2) is 19.2 Å². The molecule has 0 radical (unpaired) electrons. The Bertz CT molecular complexity index is 3380. The lowest BCUT2D eigenvalue weighted by molar-refractivity contribution is -0.144. The molecule has 2 aliphatic rings. The minimum absolute atomic E-state index is 0.0172. The molecule has 6 N–H and O–H groups in total. The number of rotatable bonds is 28. The Balaban J connectivity index is 0.905. The predicted molar refractivity (Wildman–Crippen MR) is 335 cm³/mol. The highest BCUT2D eigenvalue weighted by molar-refractivity contribution is 6.30. The van der Waals surface area contributed by atoms with E-state index in [2.05, 4.69) is 31.9 Å². The summed E-state index contributed by atoms with van der Waals surface area (Å²) in [5.41, 5.74) is 5.78. The number of hydrogen-bond acceptors (Lipinski definition) is 14. The molecule has 2 atom stereocenters. The molecule has 22 nitrogen and oxygen atoms in total. The zero-order valence-corrected chi connectivity index (χ0v) is 51.8. The van der Waals surface area contributed by atoms with Gasteiger partial charge in [0.25, 0.3) is 23.6 Å². The van der Waals surface area contributed by atoms with Gasteiger partial charge >= 0.3 is 24.1 Å². The molecule has 0 saturated carbocycles. The fraction of sp³-hybridized carbons (Fsp3) is 0.313. The molecule has 476 valence electrons. The van der Waals surface area contributed by atoms with E-state index in [4.69, 9.17) is 42.1 Å². The number of carbonyl (C=O) groups is 10. The van der Waals surface area contributed by atoms with Crippen molar-refractivity contribution in [2.75, 3.05) is 40.4 Å². The van der Waals surface area contributed by atoms with Gasteiger partial charge in [0.15, 0.2) is 0 Å². The summed E-state index contributed by atoms with van der Waals surface area (Å²) in [5, 5.41) is 17.6. The molecule has 0 spiro atoms. The number of alkyl carbamates (subject to hydrolysis) is 2. The van der Waals surface area contributed by atoms with Crippen LogP contribution in [0.5, 0.6) is 0 Å². The van der Waals surface area contributed by atoms with Crippen LogP contribution in [0.4, 0.5) is 9.59 Å². The quantitative estimate of drug-likeness (QED) is 0.0119. The largest absolute Gasteiger partial charge is 0.467 e. The number of hydrogen-bond donors (Lipinski definition) is 6. The highest BCUT2D eigenvalue weighted by Gasteiger charge is 2.33. The van der Waals surface area contributed by atoms with Crippen molar-refractivity contribution < 1.29 is 66.9 Å². The first kappa shape index (κ1) is 67.1. The minimum Gasteiger partial charge on any atom is -0.467 e. The molecule has 6 aromatic rings. The van der Waals surface area contributed by atoms with Crippen molar-refractivity contribution in [2.24, 2.45) is 0 Å². The number of benzene rings is 6. The van der Waals surface area contributed by atoms with Crippen LogP contribution >= 0.6 is 23.2 Å². The van der Waals surface area contributed by atoms with Crippen LogP contribution < -0.4 is 31.9 Å². The Morgan fingerprint density at radius 3 is 1.07 bits per heavy atom. The molecule has 8 rings (SSSR count). The van der Waals surface area contributed by atoms with Crippen LogP contribution in [-0.2, 0) is 90.4 Å². The van der Waals surface area contributed by atoms with Gasteiger partial charge in [-0.15, -0.1) is 0 Å². The fourth-order valence-electron chi connectivity index (χ4n) is 10.3. The van der Waals surface area contributed by atoms with E-state index in [1.807, 2.05) is 36.4 Å². The number of nitrogens with one attached hydrogen (secondary N) is 6. The normalized spacial score (nSPS) is 12.7. The number of amides is 8. The van der Waals surface area contributed by atoms with Gasteiger partial charge in [-0.2, -0.15) is 0 Å². The summed E-state index contributed by atoms with van der Waals surface area (Å²) in [6.07, 6.45) is -0.752. The van der Waals surface area contributed by atoms with E-state index < -0.39 is 78.1 Å². The molecule has 0 saturated heterocycles. The molecular weight excluding hydrogens is 1210 g/mol. The Labute approximate surface area is 536 Å². The molecule has 2 heterocycles. The van der Waals surface area contributed by atoms with Crippen molar-refractivity contribution in [1.82, 2.24) is 41.7 Å². The molecule has 0 aliphatic carbocycles. The number of fused-ring (bicyclic) bond motifs is 2. The molecule has 8 amide bonds. The molecule has 0 aromatic heterocycles. The van der Waals surface area contributed by atoms with E-state index in [9.17, 15) is 47.9 Å². The zero-order chi connectivity index (χ0) is 64.8. The SMILES string of the molecule is COC(=O)[C@H](CCCNC(=O)c1cc2c(cc1C(=O)NCCc1ccc(Cl)cc1)CN(C(=O)CC(=O)N1Cc3cc(C(=O)NCCC[C@H](NC(=O)OCc4ccccc4)C(=O)OC)c(C(=O)NCCc4ccc(Cl)cc4)cc3C1)C2)NC(=O)OCc1ccccc1. The number of halogens is 2. The van der Waals surface area contributed by atoms with Gasteiger partial charge < -0.3 is 60.6 Å². The topological polar surface area (TPSA) is 286 Å². The lowest BCUT2D eigenvalue weighted by Crippen LogP contribution is -2.42. The van der Waals surface area contributed by atoms with E-state index in [1.165, 1.54) is 24.0 Å². The lowest BCUT2D eigenvalue weighted by atomic mass is 9.98. The van der Waals surface area contributed by atoms with Gasteiger partial charge in [0.2, 0.25) is 11.8 Å². The van der Waals surface area contributed by atoms with Gasteiger partial charge in [-0.1, -0.05) is 108 Å². The second-order valence-electron chi connectivity index (χ2n) is 21.6. The van der Waals surface area contributed by atoms with Gasteiger partial charge in [-0.05, 0) is 132 Å². The number of methoxy groups -OCH3 is 2. The third-order valence-corrected chi connectivity index (χ3v) is 15.7. The summed E-state index contributed by atoms with van der Waals surface area (Å²) >= 11 is 12.1. The zero-order valence-electron chi connectivity index (χ0n) is 50.2. The van der Waals surface area contributed by atoms with Crippen molar-refractivity contribution in [3.63, 3.8) is 0 Å². The van der Waals surface area contributed by atoms with Crippen LogP contribution in [0.25, 0.3) is 0 Å². The summed E-state index contributed by atoms with van der Waals surface area (Å²) in [6.45, 7) is 0.526. The second-order valence-corrected chi connectivity index (χ2v) is 22.5. The maximum atomic E-state index is 14.1. The van der Waals surface area contributed by atoms with Crippen molar-refractivity contribution in [3.05, 3.63) is 210 Å².